The highest BCUT2D eigenvalue weighted by Crippen LogP contribution is 2.45. The molecule has 0 unspecified atom stereocenters. The Morgan fingerprint density at radius 2 is 1.89 bits per heavy atom. The Balaban J connectivity index is 1.86. The lowest BCUT2D eigenvalue weighted by molar-refractivity contribution is 0.128. The van der Waals surface area contributed by atoms with Crippen molar-refractivity contribution in [2.24, 2.45) is 5.92 Å². The minimum Gasteiger partial charge on any atom is -0.314 e. The van der Waals surface area contributed by atoms with Crippen molar-refractivity contribution >= 4 is 43.2 Å². The molecular formula is C14H20Br2N2S. The van der Waals surface area contributed by atoms with Crippen molar-refractivity contribution in [1.29, 1.82) is 0 Å². The van der Waals surface area contributed by atoms with Gasteiger partial charge in [-0.2, -0.15) is 0 Å². The lowest BCUT2D eigenvalue weighted by Crippen LogP contribution is -2.46. The molecule has 1 saturated heterocycles. The molecule has 0 spiro atoms. The molecule has 2 aliphatic rings. The van der Waals surface area contributed by atoms with Gasteiger partial charge < -0.3 is 5.32 Å². The Hall–Kier alpha value is 0.580. The van der Waals surface area contributed by atoms with Gasteiger partial charge in [0, 0.05) is 41.6 Å². The molecular weight excluding hydrogens is 388 g/mol. The predicted octanol–water partition coefficient (Wildman–Crippen LogP) is 4.41. The number of hydrogen-bond acceptors (Lipinski definition) is 3. The summed E-state index contributed by atoms with van der Waals surface area (Å²) in [5.74, 6) is 0.857. The van der Waals surface area contributed by atoms with E-state index in [9.17, 15) is 0 Å². The molecule has 2 fully saturated rings. The summed E-state index contributed by atoms with van der Waals surface area (Å²) in [6.45, 7) is 4.65. The number of piperazine rings is 1. The topological polar surface area (TPSA) is 15.3 Å². The first-order chi connectivity index (χ1) is 9.25. The summed E-state index contributed by atoms with van der Waals surface area (Å²) in [6.07, 6.45) is 5.64. The monoisotopic (exact) mass is 406 g/mol. The Morgan fingerprint density at radius 3 is 2.47 bits per heavy atom. The van der Waals surface area contributed by atoms with Crippen LogP contribution in [-0.4, -0.2) is 31.1 Å². The second-order valence-corrected chi connectivity index (χ2v) is 8.80. The fourth-order valence-corrected chi connectivity index (χ4v) is 5.77. The summed E-state index contributed by atoms with van der Waals surface area (Å²) in [5, 5.41) is 3.47. The largest absolute Gasteiger partial charge is 0.314 e. The maximum Gasteiger partial charge on any atom is 0.0843 e. The quantitative estimate of drug-likeness (QED) is 0.798. The minimum absolute atomic E-state index is 0.636. The Labute approximate surface area is 136 Å². The Kier molecular flexibility index (Phi) is 5.01. The number of hydrogen-bond donors (Lipinski definition) is 1. The first kappa shape index (κ1) is 14.5. The van der Waals surface area contributed by atoms with E-state index in [4.69, 9.17) is 0 Å². The summed E-state index contributed by atoms with van der Waals surface area (Å²) in [7, 11) is 0. The highest BCUT2D eigenvalue weighted by Gasteiger charge is 2.33. The maximum absolute atomic E-state index is 3.66. The molecule has 1 atom stereocenters. The van der Waals surface area contributed by atoms with Crippen LogP contribution in [0.1, 0.15) is 36.6 Å². The van der Waals surface area contributed by atoms with Gasteiger partial charge in [-0.3, -0.25) is 4.90 Å². The van der Waals surface area contributed by atoms with E-state index in [0.717, 1.165) is 19.0 Å². The third-order valence-electron chi connectivity index (χ3n) is 4.35. The molecule has 0 radical (unpaired) electrons. The summed E-state index contributed by atoms with van der Waals surface area (Å²) in [5.41, 5.74) is 0. The van der Waals surface area contributed by atoms with Crippen LogP contribution < -0.4 is 5.32 Å². The fourth-order valence-electron chi connectivity index (χ4n) is 3.45. The van der Waals surface area contributed by atoms with E-state index < -0.39 is 0 Å². The number of nitrogens with one attached hydrogen (secondary N) is 1. The van der Waals surface area contributed by atoms with Gasteiger partial charge in [0.2, 0.25) is 0 Å². The van der Waals surface area contributed by atoms with Gasteiger partial charge in [-0.25, -0.2) is 0 Å². The van der Waals surface area contributed by atoms with E-state index in [1.807, 2.05) is 11.3 Å². The number of rotatable bonds is 3. The normalized spacial score (nSPS) is 23.9. The van der Waals surface area contributed by atoms with Gasteiger partial charge in [0.15, 0.2) is 0 Å². The molecule has 1 saturated carbocycles. The van der Waals surface area contributed by atoms with E-state index in [2.05, 4.69) is 48.1 Å². The van der Waals surface area contributed by atoms with E-state index in [-0.39, 0.29) is 0 Å². The molecule has 1 aromatic heterocycles. The van der Waals surface area contributed by atoms with E-state index in [1.54, 1.807) is 0 Å². The van der Waals surface area contributed by atoms with Crippen molar-refractivity contribution in [3.8, 4) is 0 Å². The van der Waals surface area contributed by atoms with Gasteiger partial charge in [-0.05, 0) is 56.7 Å². The molecule has 0 aromatic carbocycles. The van der Waals surface area contributed by atoms with Crippen LogP contribution in [0.15, 0.2) is 14.3 Å². The van der Waals surface area contributed by atoms with Crippen LogP contribution in [0.4, 0.5) is 0 Å². The van der Waals surface area contributed by atoms with Crippen molar-refractivity contribution in [2.75, 3.05) is 26.2 Å². The summed E-state index contributed by atoms with van der Waals surface area (Å²) < 4.78 is 2.45. The van der Waals surface area contributed by atoms with Crippen LogP contribution in [0, 0.1) is 5.92 Å². The maximum atomic E-state index is 3.66. The van der Waals surface area contributed by atoms with Crippen LogP contribution in [0.3, 0.4) is 0 Å². The summed E-state index contributed by atoms with van der Waals surface area (Å²) >= 11 is 9.22. The van der Waals surface area contributed by atoms with Crippen molar-refractivity contribution < 1.29 is 0 Å². The zero-order chi connectivity index (χ0) is 13.2. The SMILES string of the molecule is Brc1cc([C@@H](C2CCCC2)N2CCNCC2)sc1Br. The standard InChI is InChI=1S/C14H20Br2N2S/c15-11-9-12(19-14(11)16)13(10-3-1-2-4-10)18-7-5-17-6-8-18/h9-10,13,17H,1-8H2/t13-/m1/s1. The average Bonchev–Trinajstić information content (AvgIpc) is 3.03. The van der Waals surface area contributed by atoms with Gasteiger partial charge in [-0.15, -0.1) is 11.3 Å². The molecule has 2 nitrogen and oxygen atoms in total. The molecule has 0 bridgehead atoms. The smallest absolute Gasteiger partial charge is 0.0843 e. The van der Waals surface area contributed by atoms with E-state index in [0.29, 0.717) is 6.04 Å². The molecule has 106 valence electrons. The molecule has 1 aliphatic heterocycles. The second kappa shape index (κ2) is 6.56. The Morgan fingerprint density at radius 1 is 1.21 bits per heavy atom. The molecule has 3 rings (SSSR count). The van der Waals surface area contributed by atoms with Crippen molar-refractivity contribution in [3.05, 3.63) is 19.2 Å². The zero-order valence-corrected chi connectivity index (χ0v) is 15.0. The fraction of sp³-hybridized carbons (Fsp3) is 0.714. The van der Waals surface area contributed by atoms with Crippen LogP contribution in [0.5, 0.6) is 0 Å². The van der Waals surface area contributed by atoms with Crippen molar-refractivity contribution in [3.63, 3.8) is 0 Å². The molecule has 5 heteroatoms. The summed E-state index contributed by atoms with van der Waals surface area (Å²) in [6, 6.07) is 2.97. The van der Waals surface area contributed by atoms with E-state index in [1.165, 1.54) is 51.9 Å². The third kappa shape index (κ3) is 3.26. The van der Waals surface area contributed by atoms with Crippen LogP contribution in [0.25, 0.3) is 0 Å². The highest BCUT2D eigenvalue weighted by atomic mass is 79.9. The van der Waals surface area contributed by atoms with Crippen LogP contribution in [0.2, 0.25) is 0 Å². The van der Waals surface area contributed by atoms with Crippen LogP contribution in [-0.2, 0) is 0 Å². The van der Waals surface area contributed by atoms with Crippen LogP contribution >= 0.6 is 43.2 Å². The number of halogens is 2. The lowest BCUT2D eigenvalue weighted by atomic mass is 9.94. The van der Waals surface area contributed by atoms with E-state index >= 15 is 0 Å². The third-order valence-corrected chi connectivity index (χ3v) is 7.67. The lowest BCUT2D eigenvalue weighted by Gasteiger charge is -2.37. The van der Waals surface area contributed by atoms with Gasteiger partial charge in [0.1, 0.15) is 0 Å². The molecule has 1 aromatic rings. The van der Waals surface area contributed by atoms with Gasteiger partial charge in [0.05, 0.1) is 3.79 Å². The van der Waals surface area contributed by atoms with Gasteiger partial charge in [0.25, 0.3) is 0 Å². The van der Waals surface area contributed by atoms with Crippen molar-refractivity contribution in [1.82, 2.24) is 10.2 Å². The van der Waals surface area contributed by atoms with Crippen molar-refractivity contribution in [2.45, 2.75) is 31.7 Å². The second-order valence-electron chi connectivity index (χ2n) is 5.55. The molecule has 19 heavy (non-hydrogen) atoms. The number of thiophene rings is 1. The molecule has 1 aliphatic carbocycles. The average molecular weight is 408 g/mol. The van der Waals surface area contributed by atoms with Gasteiger partial charge >= 0.3 is 0 Å². The molecule has 2 heterocycles. The first-order valence-electron chi connectivity index (χ1n) is 7.15. The summed E-state index contributed by atoms with van der Waals surface area (Å²) in [4.78, 5) is 4.24. The highest BCUT2D eigenvalue weighted by molar-refractivity contribution is 9.13. The first-order valence-corrected chi connectivity index (χ1v) is 9.55. The Bertz CT molecular complexity index is 404. The molecule has 0 amide bonds. The number of nitrogens with zero attached hydrogens (tertiary/aromatic N) is 1. The molecule has 1 N–H and O–H groups in total. The van der Waals surface area contributed by atoms with Gasteiger partial charge in [-0.1, -0.05) is 12.8 Å². The predicted molar refractivity (Wildman–Crippen MR) is 88.9 cm³/mol. The minimum atomic E-state index is 0.636. The zero-order valence-electron chi connectivity index (χ0n) is 11.0.